The molecule has 160 valence electrons. The molecular weight excluding hydrogens is 410 g/mol. The molecule has 0 fully saturated rings. The number of aryl methyl sites for hydroxylation is 1. The van der Waals surface area contributed by atoms with Gasteiger partial charge < -0.3 is 15.4 Å². The lowest BCUT2D eigenvalue weighted by atomic mass is 10.0. The molecular formula is C27H21N5O. The fourth-order valence-electron chi connectivity index (χ4n) is 4.47. The number of rotatable bonds is 3. The molecule has 0 saturated carbocycles. The molecule has 3 heterocycles. The number of aromatic nitrogens is 4. The zero-order valence-corrected chi connectivity index (χ0v) is 18.1. The van der Waals surface area contributed by atoms with Gasteiger partial charge in [0.1, 0.15) is 11.4 Å². The van der Waals surface area contributed by atoms with Gasteiger partial charge >= 0.3 is 0 Å². The Bertz CT molecular complexity index is 1510. The van der Waals surface area contributed by atoms with Crippen LogP contribution in [0.2, 0.25) is 0 Å². The molecule has 0 spiro atoms. The Morgan fingerprint density at radius 1 is 0.939 bits per heavy atom. The van der Waals surface area contributed by atoms with Crippen molar-refractivity contribution in [1.29, 1.82) is 0 Å². The minimum absolute atomic E-state index is 0.108. The molecule has 3 N–H and O–H groups in total. The minimum atomic E-state index is 0.108. The van der Waals surface area contributed by atoms with Crippen molar-refractivity contribution in [1.82, 2.24) is 25.1 Å². The van der Waals surface area contributed by atoms with Crippen LogP contribution in [-0.4, -0.2) is 24.9 Å². The van der Waals surface area contributed by atoms with E-state index in [0.717, 1.165) is 46.4 Å². The lowest BCUT2D eigenvalue weighted by Crippen LogP contribution is -1.99. The number of fused-ring (bicyclic) bond motifs is 2. The molecule has 0 saturated heterocycles. The Morgan fingerprint density at radius 2 is 1.58 bits per heavy atom. The predicted molar refractivity (Wildman–Crippen MR) is 129 cm³/mol. The molecule has 6 rings (SSSR count). The molecule has 0 amide bonds. The first kappa shape index (κ1) is 19.4. The molecule has 5 aromatic rings. The highest BCUT2D eigenvalue weighted by Gasteiger charge is 2.22. The van der Waals surface area contributed by atoms with Crippen molar-refractivity contribution in [2.45, 2.75) is 13.1 Å². The molecule has 1 aliphatic rings. The van der Waals surface area contributed by atoms with E-state index in [9.17, 15) is 5.11 Å². The Balaban J connectivity index is 1.36. The number of benzene rings is 3. The topological polar surface area (TPSA) is 78.8 Å². The van der Waals surface area contributed by atoms with E-state index in [1.165, 1.54) is 11.1 Å². The second kappa shape index (κ2) is 7.37. The first-order valence-electron chi connectivity index (χ1n) is 10.8. The van der Waals surface area contributed by atoms with Gasteiger partial charge in [-0.05, 0) is 46.5 Å². The highest BCUT2D eigenvalue weighted by atomic mass is 16.3. The molecule has 0 radical (unpaired) electrons. The Hall–Kier alpha value is -4.34. The van der Waals surface area contributed by atoms with Crippen molar-refractivity contribution >= 4 is 11.0 Å². The van der Waals surface area contributed by atoms with Gasteiger partial charge in [-0.15, -0.1) is 6.42 Å². The summed E-state index contributed by atoms with van der Waals surface area (Å²) in [6.07, 6.45) is 5.45. The molecule has 2 aromatic heterocycles. The van der Waals surface area contributed by atoms with Crippen molar-refractivity contribution in [3.8, 4) is 52.0 Å². The van der Waals surface area contributed by atoms with Crippen LogP contribution in [-0.2, 0) is 20.1 Å². The van der Waals surface area contributed by atoms with Crippen LogP contribution in [0.25, 0.3) is 44.9 Å². The number of nitrogens with zero attached hydrogens (tertiary/aromatic N) is 3. The zero-order chi connectivity index (χ0) is 22.5. The minimum Gasteiger partial charge on any atom is -0.504 e. The summed E-state index contributed by atoms with van der Waals surface area (Å²) in [4.78, 5) is 8.09. The van der Waals surface area contributed by atoms with Crippen LogP contribution in [0, 0.1) is 12.3 Å². The number of aromatic amines is 1. The van der Waals surface area contributed by atoms with E-state index in [0.29, 0.717) is 17.2 Å². The van der Waals surface area contributed by atoms with Crippen molar-refractivity contribution in [3.63, 3.8) is 0 Å². The summed E-state index contributed by atoms with van der Waals surface area (Å²) in [5, 5.41) is 19.0. The fraction of sp³-hybridized carbons (Fsp3) is 0.111. The van der Waals surface area contributed by atoms with Gasteiger partial charge in [0.05, 0.1) is 11.0 Å². The van der Waals surface area contributed by atoms with E-state index < -0.39 is 0 Å². The third-order valence-electron chi connectivity index (χ3n) is 6.22. The normalized spacial score (nSPS) is 12.7. The van der Waals surface area contributed by atoms with E-state index in [4.69, 9.17) is 11.4 Å². The monoisotopic (exact) mass is 431 g/mol. The Morgan fingerprint density at radius 3 is 2.27 bits per heavy atom. The van der Waals surface area contributed by atoms with Crippen LogP contribution in [0.3, 0.4) is 0 Å². The van der Waals surface area contributed by atoms with Gasteiger partial charge in [-0.1, -0.05) is 42.3 Å². The number of nitrogens with one attached hydrogen (secondary N) is 2. The lowest BCUT2D eigenvalue weighted by Gasteiger charge is -2.04. The van der Waals surface area contributed by atoms with Crippen LogP contribution in [0.5, 0.6) is 5.75 Å². The molecule has 0 atom stereocenters. The summed E-state index contributed by atoms with van der Waals surface area (Å²) in [5.74, 6) is 3.35. The molecule has 6 heteroatoms. The third kappa shape index (κ3) is 3.18. The number of terminal acetylenes is 1. The first-order chi connectivity index (χ1) is 16.1. The third-order valence-corrected chi connectivity index (χ3v) is 6.22. The number of H-pyrrole nitrogens is 1. The lowest BCUT2D eigenvalue weighted by molar-refractivity contribution is 0.478. The molecule has 0 unspecified atom stereocenters. The zero-order valence-electron chi connectivity index (χ0n) is 18.1. The molecule has 0 bridgehead atoms. The molecule has 33 heavy (non-hydrogen) atoms. The van der Waals surface area contributed by atoms with Gasteiger partial charge in [-0.25, -0.2) is 4.98 Å². The molecule has 1 aliphatic heterocycles. The van der Waals surface area contributed by atoms with Gasteiger partial charge in [-0.2, -0.15) is 5.10 Å². The average Bonchev–Trinajstić information content (AvgIpc) is 3.54. The predicted octanol–water partition coefficient (Wildman–Crippen LogP) is 4.59. The van der Waals surface area contributed by atoms with Crippen molar-refractivity contribution in [2.24, 2.45) is 7.05 Å². The Kier molecular flexibility index (Phi) is 4.32. The largest absolute Gasteiger partial charge is 0.504 e. The van der Waals surface area contributed by atoms with E-state index in [1.54, 1.807) is 4.68 Å². The van der Waals surface area contributed by atoms with Crippen molar-refractivity contribution in [3.05, 3.63) is 77.4 Å². The summed E-state index contributed by atoms with van der Waals surface area (Å²) in [6.45, 7) is 1.73. The van der Waals surface area contributed by atoms with Crippen molar-refractivity contribution in [2.75, 3.05) is 0 Å². The first-order valence-corrected chi connectivity index (χ1v) is 10.8. The summed E-state index contributed by atoms with van der Waals surface area (Å²) in [7, 11) is 1.82. The summed E-state index contributed by atoms with van der Waals surface area (Å²) >= 11 is 0. The van der Waals surface area contributed by atoms with Crippen LogP contribution >= 0.6 is 0 Å². The van der Waals surface area contributed by atoms with Crippen LogP contribution < -0.4 is 5.32 Å². The van der Waals surface area contributed by atoms with Gasteiger partial charge in [-0.3, -0.25) is 4.68 Å². The number of hydrogen-bond acceptors (Lipinski definition) is 4. The van der Waals surface area contributed by atoms with E-state index in [-0.39, 0.29) is 5.75 Å². The highest BCUT2D eigenvalue weighted by Crippen LogP contribution is 2.38. The second-order valence-corrected chi connectivity index (χ2v) is 8.30. The summed E-state index contributed by atoms with van der Waals surface area (Å²) in [6, 6.07) is 20.1. The van der Waals surface area contributed by atoms with Gasteiger partial charge in [0.15, 0.2) is 11.6 Å². The number of imidazole rings is 1. The smallest absolute Gasteiger partial charge is 0.173 e. The quantitative estimate of drug-likeness (QED) is 0.365. The fourth-order valence-corrected chi connectivity index (χ4v) is 4.47. The molecule has 6 nitrogen and oxygen atoms in total. The average molecular weight is 431 g/mol. The summed E-state index contributed by atoms with van der Waals surface area (Å²) in [5.41, 5.74) is 9.30. The van der Waals surface area contributed by atoms with E-state index in [1.807, 2.05) is 55.6 Å². The van der Waals surface area contributed by atoms with Gasteiger partial charge in [0.2, 0.25) is 0 Å². The van der Waals surface area contributed by atoms with Gasteiger partial charge in [0.25, 0.3) is 0 Å². The maximum Gasteiger partial charge on any atom is 0.173 e. The number of hydrogen-bond donors (Lipinski definition) is 3. The molecule has 0 aliphatic carbocycles. The molecule has 3 aromatic carbocycles. The van der Waals surface area contributed by atoms with E-state index >= 15 is 0 Å². The second-order valence-electron chi connectivity index (χ2n) is 8.30. The van der Waals surface area contributed by atoms with Crippen LogP contribution in [0.1, 0.15) is 16.7 Å². The number of aromatic hydroxyl groups is 1. The van der Waals surface area contributed by atoms with E-state index in [2.05, 4.69) is 33.5 Å². The van der Waals surface area contributed by atoms with Crippen LogP contribution in [0.15, 0.2) is 60.7 Å². The maximum absolute atomic E-state index is 11.1. The van der Waals surface area contributed by atoms with Crippen molar-refractivity contribution < 1.29 is 5.11 Å². The Labute approximate surface area is 190 Å². The SMILES string of the molecule is C#Cc1ccc(-c2ccc(-c3nn(C)c(-c4nc5cc6c(cc5[nH]4)CNC6)c3O)cc2)cc1. The van der Waals surface area contributed by atoms with Gasteiger partial charge in [0, 0.05) is 31.3 Å². The summed E-state index contributed by atoms with van der Waals surface area (Å²) < 4.78 is 1.67. The standard InChI is InChI=1S/C27H21N5O/c1-3-16-4-6-17(7-5-16)18-8-10-19(11-9-18)24-26(33)25(32(2)31-24)27-29-22-12-20-14-28-15-21(20)13-23(22)30-27/h1,4-13,28,33H,14-15H2,2H3,(H,29,30). The maximum atomic E-state index is 11.1. The van der Waals surface area contributed by atoms with Crippen LogP contribution in [0.4, 0.5) is 0 Å². The highest BCUT2D eigenvalue weighted by molar-refractivity contribution is 5.84.